The molecule has 2 N–H and O–H groups in total. The number of hydrogen-bond acceptors (Lipinski definition) is 7. The number of aromatic nitrogens is 2. The normalized spacial score (nSPS) is 21.4. The summed E-state index contributed by atoms with van der Waals surface area (Å²) >= 11 is 0. The van der Waals surface area contributed by atoms with Gasteiger partial charge in [0.2, 0.25) is 5.91 Å². The Kier molecular flexibility index (Phi) is 6.63. The van der Waals surface area contributed by atoms with Crippen molar-refractivity contribution >= 4 is 34.2 Å². The molecular formula is C25H29FN6O3. The van der Waals surface area contributed by atoms with Crippen molar-refractivity contribution in [2.75, 3.05) is 36.8 Å². The van der Waals surface area contributed by atoms with Gasteiger partial charge in [-0.25, -0.2) is 4.39 Å². The number of piperidine rings is 1. The number of amides is 2. The highest BCUT2D eigenvalue weighted by molar-refractivity contribution is 6.13. The summed E-state index contributed by atoms with van der Waals surface area (Å²) in [6, 6.07) is 9.24. The molecule has 0 saturated carbocycles. The third kappa shape index (κ3) is 5.12. The molecule has 2 fully saturated rings. The Hall–Kier alpha value is -3.53. The lowest BCUT2D eigenvalue weighted by molar-refractivity contribution is -0.133. The first-order chi connectivity index (χ1) is 17.0. The van der Waals surface area contributed by atoms with Crippen LogP contribution in [0.4, 0.5) is 15.9 Å². The van der Waals surface area contributed by atoms with Gasteiger partial charge in [-0.15, -0.1) is 0 Å². The van der Waals surface area contributed by atoms with E-state index in [-0.39, 0.29) is 30.4 Å². The van der Waals surface area contributed by atoms with Crippen LogP contribution in [0.2, 0.25) is 0 Å². The largest absolute Gasteiger partial charge is 0.382 e. The van der Waals surface area contributed by atoms with Gasteiger partial charge in [-0.1, -0.05) is 5.16 Å². The minimum Gasteiger partial charge on any atom is -0.382 e. The van der Waals surface area contributed by atoms with Crippen LogP contribution in [0.25, 0.3) is 10.9 Å². The number of halogens is 1. The smallest absolute Gasteiger partial charge is 0.259 e. The molecule has 184 valence electrons. The Morgan fingerprint density at radius 2 is 2.03 bits per heavy atom. The second-order valence-corrected chi connectivity index (χ2v) is 9.32. The molecule has 0 spiro atoms. The van der Waals surface area contributed by atoms with Crippen molar-refractivity contribution in [1.82, 2.24) is 19.9 Å². The Labute approximate surface area is 202 Å². The average Bonchev–Trinajstić information content (AvgIpc) is 3.49. The zero-order valence-electron chi connectivity index (χ0n) is 19.6. The molecule has 9 nitrogen and oxygen atoms in total. The summed E-state index contributed by atoms with van der Waals surface area (Å²) in [5.41, 5.74) is 1.97. The molecule has 2 aliphatic heterocycles. The van der Waals surface area contributed by atoms with Crippen LogP contribution in [0.1, 0.15) is 36.5 Å². The standard InChI is InChI=1S/C25H29FN6O3/c1-16-13-17(26)14-32(16)23(33)15-31-10-6-18(7-11-31)28-21-5-4-20(24-19(21)3-2-9-27-24)25(34)29-22-8-12-35-30-22/h2-5,8-9,12,16-18,28H,6-7,10-11,13-15H2,1H3,(H,29,30,34)/t16-,17+/m1/s1. The number of hydrogen-bond donors (Lipinski definition) is 2. The highest BCUT2D eigenvalue weighted by Crippen LogP contribution is 2.28. The minimum absolute atomic E-state index is 0.0145. The van der Waals surface area contributed by atoms with Crippen molar-refractivity contribution in [1.29, 1.82) is 0 Å². The fourth-order valence-electron chi connectivity index (χ4n) is 4.99. The maximum atomic E-state index is 13.6. The number of likely N-dealkylation sites (tertiary alicyclic amines) is 2. The number of anilines is 2. The minimum atomic E-state index is -0.909. The van der Waals surface area contributed by atoms with Gasteiger partial charge in [-0.2, -0.15) is 0 Å². The first-order valence-corrected chi connectivity index (χ1v) is 12.0. The molecule has 2 aliphatic rings. The van der Waals surface area contributed by atoms with Crippen LogP contribution in [-0.4, -0.2) is 76.2 Å². The third-order valence-corrected chi connectivity index (χ3v) is 6.84. The van der Waals surface area contributed by atoms with E-state index in [1.807, 2.05) is 25.1 Å². The average molecular weight is 481 g/mol. The van der Waals surface area contributed by atoms with E-state index in [4.69, 9.17) is 4.52 Å². The van der Waals surface area contributed by atoms with Crippen molar-refractivity contribution in [3.8, 4) is 0 Å². The highest BCUT2D eigenvalue weighted by atomic mass is 19.1. The third-order valence-electron chi connectivity index (χ3n) is 6.84. The lowest BCUT2D eigenvalue weighted by Crippen LogP contribution is -2.46. The molecule has 1 aromatic carbocycles. The number of fused-ring (bicyclic) bond motifs is 1. The van der Waals surface area contributed by atoms with Crippen molar-refractivity contribution < 1.29 is 18.5 Å². The molecule has 35 heavy (non-hydrogen) atoms. The van der Waals surface area contributed by atoms with Gasteiger partial charge < -0.3 is 20.1 Å². The van der Waals surface area contributed by atoms with Gasteiger partial charge >= 0.3 is 0 Å². The Balaban J connectivity index is 1.21. The van der Waals surface area contributed by atoms with E-state index in [1.165, 1.54) is 6.26 Å². The van der Waals surface area contributed by atoms with Gasteiger partial charge in [0, 0.05) is 54.9 Å². The van der Waals surface area contributed by atoms with Crippen LogP contribution in [-0.2, 0) is 4.79 Å². The number of carbonyl (C=O) groups is 2. The van der Waals surface area contributed by atoms with Gasteiger partial charge in [-0.3, -0.25) is 19.5 Å². The first-order valence-electron chi connectivity index (χ1n) is 12.0. The summed E-state index contributed by atoms with van der Waals surface area (Å²) in [4.78, 5) is 33.7. The predicted octanol–water partition coefficient (Wildman–Crippen LogP) is 3.31. The maximum Gasteiger partial charge on any atom is 0.259 e. The summed E-state index contributed by atoms with van der Waals surface area (Å²) in [5.74, 6) is 0.0503. The maximum absolute atomic E-state index is 13.6. The van der Waals surface area contributed by atoms with Gasteiger partial charge in [-0.05, 0) is 44.0 Å². The first kappa shape index (κ1) is 23.2. The van der Waals surface area contributed by atoms with Crippen LogP contribution in [0, 0.1) is 0 Å². The second-order valence-electron chi connectivity index (χ2n) is 9.32. The quantitative estimate of drug-likeness (QED) is 0.558. The number of pyridine rings is 1. The molecule has 2 amide bonds. The fraction of sp³-hybridized carbons (Fsp3) is 0.440. The number of nitrogens with zero attached hydrogens (tertiary/aromatic N) is 4. The molecule has 5 rings (SSSR count). The van der Waals surface area contributed by atoms with Crippen molar-refractivity contribution in [2.45, 2.75) is 44.4 Å². The zero-order valence-corrected chi connectivity index (χ0v) is 19.6. The molecular weight excluding hydrogens is 451 g/mol. The topological polar surface area (TPSA) is 104 Å². The monoisotopic (exact) mass is 480 g/mol. The summed E-state index contributed by atoms with van der Waals surface area (Å²) in [6.45, 7) is 4.05. The van der Waals surface area contributed by atoms with Crippen molar-refractivity contribution in [3.05, 3.63) is 48.4 Å². The van der Waals surface area contributed by atoms with Gasteiger partial charge in [0.15, 0.2) is 5.82 Å². The summed E-state index contributed by atoms with van der Waals surface area (Å²) in [7, 11) is 0. The van der Waals surface area contributed by atoms with Gasteiger partial charge in [0.1, 0.15) is 12.4 Å². The molecule has 2 atom stereocenters. The van der Waals surface area contributed by atoms with Crippen LogP contribution in [0.5, 0.6) is 0 Å². The number of carbonyl (C=O) groups excluding carboxylic acids is 2. The van der Waals surface area contributed by atoms with Crippen LogP contribution >= 0.6 is 0 Å². The molecule has 0 radical (unpaired) electrons. The molecule has 4 heterocycles. The lowest BCUT2D eigenvalue weighted by Gasteiger charge is -2.34. The Bertz CT molecular complexity index is 1200. The number of benzene rings is 1. The molecule has 2 aromatic heterocycles. The van der Waals surface area contributed by atoms with E-state index in [0.29, 0.717) is 29.9 Å². The van der Waals surface area contributed by atoms with Crippen LogP contribution in [0.3, 0.4) is 0 Å². The summed E-state index contributed by atoms with van der Waals surface area (Å²) in [5, 5.41) is 10.9. The molecule has 10 heteroatoms. The predicted molar refractivity (Wildman–Crippen MR) is 130 cm³/mol. The van der Waals surface area contributed by atoms with Crippen LogP contribution < -0.4 is 10.6 Å². The van der Waals surface area contributed by atoms with E-state index in [2.05, 4.69) is 25.7 Å². The summed E-state index contributed by atoms with van der Waals surface area (Å²) in [6.07, 6.45) is 4.34. The lowest BCUT2D eigenvalue weighted by atomic mass is 10.0. The fourth-order valence-corrected chi connectivity index (χ4v) is 4.99. The molecule has 2 saturated heterocycles. The molecule has 3 aromatic rings. The zero-order chi connectivity index (χ0) is 24.4. The summed E-state index contributed by atoms with van der Waals surface area (Å²) < 4.78 is 18.4. The Morgan fingerprint density at radius 1 is 1.20 bits per heavy atom. The number of alkyl halides is 1. The number of nitrogens with one attached hydrogen (secondary N) is 2. The SMILES string of the molecule is C[C@@H]1C[C@H](F)CN1C(=O)CN1CCC(Nc2ccc(C(=O)Nc3ccon3)c3ncccc23)CC1. The Morgan fingerprint density at radius 3 is 2.74 bits per heavy atom. The van der Waals surface area contributed by atoms with Crippen molar-refractivity contribution in [3.63, 3.8) is 0 Å². The van der Waals surface area contributed by atoms with E-state index in [1.54, 1.807) is 23.2 Å². The van der Waals surface area contributed by atoms with Crippen molar-refractivity contribution in [2.24, 2.45) is 0 Å². The van der Waals surface area contributed by atoms with Gasteiger partial charge in [0.05, 0.1) is 24.2 Å². The molecule has 0 unspecified atom stereocenters. The van der Waals surface area contributed by atoms with E-state index in [9.17, 15) is 14.0 Å². The van der Waals surface area contributed by atoms with E-state index >= 15 is 0 Å². The second kappa shape index (κ2) is 9.99. The molecule has 0 aliphatic carbocycles. The molecule has 0 bridgehead atoms. The highest BCUT2D eigenvalue weighted by Gasteiger charge is 2.33. The van der Waals surface area contributed by atoms with Gasteiger partial charge in [0.25, 0.3) is 5.91 Å². The van der Waals surface area contributed by atoms with Crippen LogP contribution in [0.15, 0.2) is 47.3 Å². The van der Waals surface area contributed by atoms with E-state index < -0.39 is 6.17 Å². The van der Waals surface area contributed by atoms with E-state index in [0.717, 1.165) is 37.0 Å². The number of rotatable bonds is 6.